The summed E-state index contributed by atoms with van der Waals surface area (Å²) in [7, 11) is 1.53. The van der Waals surface area contributed by atoms with E-state index in [0.717, 1.165) is 11.1 Å². The van der Waals surface area contributed by atoms with Gasteiger partial charge in [0.2, 0.25) is 5.91 Å². The van der Waals surface area contributed by atoms with Crippen LogP contribution in [0.5, 0.6) is 0 Å². The number of nitrogens with one attached hydrogen (secondary N) is 1. The first-order valence-corrected chi connectivity index (χ1v) is 10.5. The summed E-state index contributed by atoms with van der Waals surface area (Å²) in [6.45, 7) is 0.527. The molecule has 0 atom stereocenters. The Balaban J connectivity index is 1.23. The van der Waals surface area contributed by atoms with Gasteiger partial charge in [-0.3, -0.25) is 4.79 Å². The summed E-state index contributed by atoms with van der Waals surface area (Å²) in [6, 6.07) is 16.3. The molecule has 1 fully saturated rings. The molecule has 2 aliphatic carbocycles. The molecular formula is C24H26N2O5. The van der Waals surface area contributed by atoms with E-state index in [2.05, 4.69) is 29.6 Å². The maximum atomic E-state index is 12.2. The number of aliphatic carboxylic acids is 1. The summed E-state index contributed by atoms with van der Waals surface area (Å²) in [4.78, 5) is 37.0. The molecule has 0 unspecified atom stereocenters. The molecule has 162 valence electrons. The second kappa shape index (κ2) is 8.41. The maximum absolute atomic E-state index is 12.2. The van der Waals surface area contributed by atoms with Crippen LogP contribution in [0.2, 0.25) is 0 Å². The summed E-state index contributed by atoms with van der Waals surface area (Å²) >= 11 is 0. The Labute approximate surface area is 181 Å². The molecule has 0 bridgehead atoms. The number of carboxylic acids is 1. The number of ether oxygens (including phenoxy) is 1. The lowest BCUT2D eigenvalue weighted by Gasteiger charge is -2.24. The molecule has 4 rings (SSSR count). The molecule has 0 spiro atoms. The highest BCUT2D eigenvalue weighted by molar-refractivity contribution is 5.89. The Morgan fingerprint density at radius 1 is 1.06 bits per heavy atom. The van der Waals surface area contributed by atoms with Crippen LogP contribution in [-0.4, -0.2) is 53.7 Å². The number of hydrogen-bond acceptors (Lipinski definition) is 4. The predicted molar refractivity (Wildman–Crippen MR) is 115 cm³/mol. The monoisotopic (exact) mass is 422 g/mol. The third-order valence-electron chi connectivity index (χ3n) is 6.32. The van der Waals surface area contributed by atoms with Crippen molar-refractivity contribution in [3.8, 4) is 11.1 Å². The molecule has 0 saturated heterocycles. The van der Waals surface area contributed by atoms with Crippen molar-refractivity contribution < 1.29 is 24.2 Å². The number of carboxylic acid groups (broad SMARTS) is 1. The molecule has 2 aromatic carbocycles. The van der Waals surface area contributed by atoms with E-state index in [-0.39, 0.29) is 31.4 Å². The predicted octanol–water partition coefficient (Wildman–Crippen LogP) is 3.38. The van der Waals surface area contributed by atoms with E-state index in [9.17, 15) is 19.5 Å². The van der Waals surface area contributed by atoms with E-state index in [4.69, 9.17) is 4.74 Å². The third-order valence-corrected chi connectivity index (χ3v) is 6.32. The highest BCUT2D eigenvalue weighted by atomic mass is 16.5. The average Bonchev–Trinajstić information content (AvgIpc) is 3.53. The van der Waals surface area contributed by atoms with E-state index in [0.29, 0.717) is 19.3 Å². The van der Waals surface area contributed by atoms with Gasteiger partial charge in [-0.15, -0.1) is 0 Å². The Morgan fingerprint density at radius 3 is 2.19 bits per heavy atom. The number of hydrogen-bond donors (Lipinski definition) is 2. The van der Waals surface area contributed by atoms with Crippen LogP contribution in [0.15, 0.2) is 48.5 Å². The number of likely N-dealkylation sites (N-methyl/N-ethyl adjacent to an activating group) is 1. The number of alkyl carbamates (subject to hydrolysis) is 1. The molecule has 7 heteroatoms. The molecule has 0 heterocycles. The van der Waals surface area contributed by atoms with Crippen molar-refractivity contribution >= 4 is 18.0 Å². The fraction of sp³-hybridized carbons (Fsp3) is 0.375. The number of carbonyl (C=O) groups is 3. The highest BCUT2D eigenvalue weighted by Gasteiger charge is 2.55. The van der Waals surface area contributed by atoms with E-state index >= 15 is 0 Å². The first kappa shape index (κ1) is 20.9. The van der Waals surface area contributed by atoms with Gasteiger partial charge in [0, 0.05) is 25.9 Å². The number of rotatable bonds is 8. The van der Waals surface area contributed by atoms with E-state index in [1.165, 1.54) is 23.1 Å². The third kappa shape index (κ3) is 4.00. The first-order valence-electron chi connectivity index (χ1n) is 10.5. The van der Waals surface area contributed by atoms with E-state index < -0.39 is 17.6 Å². The molecule has 0 aliphatic heterocycles. The van der Waals surface area contributed by atoms with Gasteiger partial charge in [0.15, 0.2) is 0 Å². The van der Waals surface area contributed by atoms with Crippen molar-refractivity contribution in [3.63, 3.8) is 0 Å². The van der Waals surface area contributed by atoms with Crippen molar-refractivity contribution in [2.75, 3.05) is 20.2 Å². The summed E-state index contributed by atoms with van der Waals surface area (Å²) in [5, 5.41) is 11.9. The van der Waals surface area contributed by atoms with Gasteiger partial charge in [-0.1, -0.05) is 48.5 Å². The molecule has 2 amide bonds. The number of benzene rings is 2. The molecule has 0 aromatic heterocycles. The van der Waals surface area contributed by atoms with Gasteiger partial charge >= 0.3 is 12.1 Å². The lowest BCUT2D eigenvalue weighted by molar-refractivity contribution is -0.151. The van der Waals surface area contributed by atoms with Gasteiger partial charge in [-0.05, 0) is 41.5 Å². The average molecular weight is 422 g/mol. The fourth-order valence-corrected chi connectivity index (χ4v) is 4.30. The van der Waals surface area contributed by atoms with Crippen molar-refractivity contribution in [1.29, 1.82) is 0 Å². The Kier molecular flexibility index (Phi) is 5.67. The minimum Gasteiger partial charge on any atom is -0.479 e. The minimum atomic E-state index is -1.03. The largest absolute Gasteiger partial charge is 0.479 e. The number of carbonyl (C=O) groups excluding carboxylic acids is 2. The van der Waals surface area contributed by atoms with Gasteiger partial charge in [-0.2, -0.15) is 0 Å². The fourth-order valence-electron chi connectivity index (χ4n) is 4.30. The van der Waals surface area contributed by atoms with Crippen LogP contribution in [0.1, 0.15) is 42.7 Å². The maximum Gasteiger partial charge on any atom is 0.407 e. The molecular weight excluding hydrogens is 396 g/mol. The summed E-state index contributed by atoms with van der Waals surface area (Å²) in [6.07, 6.45) is 1.05. The van der Waals surface area contributed by atoms with Gasteiger partial charge in [0.1, 0.15) is 12.1 Å². The molecule has 2 N–H and O–H groups in total. The van der Waals surface area contributed by atoms with Gasteiger partial charge in [0.05, 0.1) is 0 Å². The molecule has 31 heavy (non-hydrogen) atoms. The molecule has 2 aromatic rings. The van der Waals surface area contributed by atoms with Gasteiger partial charge in [0.25, 0.3) is 0 Å². The second-order valence-corrected chi connectivity index (χ2v) is 8.15. The molecule has 1 saturated carbocycles. The number of nitrogens with zero attached hydrogens (tertiary/aromatic N) is 1. The van der Waals surface area contributed by atoms with Crippen LogP contribution < -0.4 is 5.32 Å². The van der Waals surface area contributed by atoms with E-state index in [1.54, 1.807) is 0 Å². The van der Waals surface area contributed by atoms with Crippen LogP contribution in [0.4, 0.5) is 4.79 Å². The Hall–Kier alpha value is -3.35. The zero-order valence-corrected chi connectivity index (χ0v) is 17.5. The van der Waals surface area contributed by atoms with Crippen LogP contribution in [0.25, 0.3) is 11.1 Å². The standard InChI is InChI=1S/C24H26N2O5/c1-26(24(12-13-24)22(28)29)21(27)11-6-14-25-23(30)31-15-20-18-9-4-2-7-16(18)17-8-3-5-10-19(17)20/h2-5,7-10,20H,6,11-15H2,1H3,(H,25,30)(H,28,29). The van der Waals surface area contributed by atoms with Gasteiger partial charge in [-0.25, -0.2) is 9.59 Å². The quantitative estimate of drug-likeness (QED) is 0.636. The summed E-state index contributed by atoms with van der Waals surface area (Å²) in [5.74, 6) is -1.19. The van der Waals surface area contributed by atoms with E-state index in [1.807, 2.05) is 24.3 Å². The van der Waals surface area contributed by atoms with Crippen LogP contribution in [0, 0.1) is 0 Å². The topological polar surface area (TPSA) is 95.9 Å². The number of fused-ring (bicyclic) bond motifs is 3. The molecule has 7 nitrogen and oxygen atoms in total. The normalized spacial score (nSPS) is 15.5. The van der Waals surface area contributed by atoms with Crippen molar-refractivity contribution in [2.45, 2.75) is 37.1 Å². The Morgan fingerprint density at radius 2 is 1.65 bits per heavy atom. The van der Waals surface area contributed by atoms with Crippen LogP contribution >= 0.6 is 0 Å². The number of amides is 2. The summed E-state index contributed by atoms with van der Waals surface area (Å²) < 4.78 is 5.47. The minimum absolute atomic E-state index is 0.000808. The lowest BCUT2D eigenvalue weighted by Crippen LogP contribution is -2.44. The van der Waals surface area contributed by atoms with Crippen molar-refractivity contribution in [2.24, 2.45) is 0 Å². The van der Waals surface area contributed by atoms with Crippen molar-refractivity contribution in [3.05, 3.63) is 59.7 Å². The van der Waals surface area contributed by atoms with Gasteiger partial charge < -0.3 is 20.1 Å². The van der Waals surface area contributed by atoms with Crippen LogP contribution in [-0.2, 0) is 14.3 Å². The first-order chi connectivity index (χ1) is 14.9. The lowest BCUT2D eigenvalue weighted by atomic mass is 9.98. The summed E-state index contributed by atoms with van der Waals surface area (Å²) in [5.41, 5.74) is 3.61. The molecule has 2 aliphatic rings. The zero-order chi connectivity index (χ0) is 22.0. The highest BCUT2D eigenvalue weighted by Crippen LogP contribution is 2.44. The SMILES string of the molecule is CN(C(=O)CCCNC(=O)OCC1c2ccccc2-c2ccccc21)C1(C(=O)O)CC1. The van der Waals surface area contributed by atoms with Crippen LogP contribution in [0.3, 0.4) is 0 Å². The smallest absolute Gasteiger partial charge is 0.407 e. The Bertz CT molecular complexity index is 969. The molecule has 0 radical (unpaired) electrons. The zero-order valence-electron chi connectivity index (χ0n) is 17.5. The van der Waals surface area contributed by atoms with Crippen molar-refractivity contribution in [1.82, 2.24) is 10.2 Å². The second-order valence-electron chi connectivity index (χ2n) is 8.15.